The van der Waals surface area contributed by atoms with Crippen LogP contribution in [0.25, 0.3) is 0 Å². The average molecular weight is 368 g/mol. The number of likely N-dealkylation sites (tertiary alicyclic amines) is 1. The number of urea groups is 1. The van der Waals surface area contributed by atoms with E-state index in [1.165, 1.54) is 18.2 Å². The fourth-order valence-corrected chi connectivity index (χ4v) is 3.88. The van der Waals surface area contributed by atoms with Crippen molar-refractivity contribution in [2.24, 2.45) is 11.8 Å². The molecule has 0 aromatic heterocycles. The number of hydrogen-bond acceptors (Lipinski definition) is 5. The number of benzene rings is 1. The third-order valence-corrected chi connectivity index (χ3v) is 5.29. The molecule has 0 radical (unpaired) electrons. The van der Waals surface area contributed by atoms with Crippen molar-refractivity contribution < 1.29 is 23.0 Å². The highest BCUT2D eigenvalue weighted by molar-refractivity contribution is 5.89. The maximum absolute atomic E-state index is 13.1. The topological polar surface area (TPSA) is 74.9 Å². The van der Waals surface area contributed by atoms with Gasteiger partial charge in [-0.2, -0.15) is 0 Å². The first-order valence-electron chi connectivity index (χ1n) is 8.85. The van der Waals surface area contributed by atoms with Crippen LogP contribution in [0, 0.1) is 11.8 Å². The molecule has 3 heterocycles. The fraction of sp³-hybridized carbons (Fsp3) is 0.588. The molecule has 2 saturated heterocycles. The standard InChI is InChI=1S/C17H22F2N4O3/c1-10-9-20-22-15(10)11-4-6-23(7-5-11)16(24)21-12-2-3-13-14(8-12)26-17(18,19)25-13/h2-3,8,10-11,15,20,22H,4-7,9H2,1H3,(H,21,24). The number of anilines is 1. The number of nitrogens with one attached hydrogen (secondary N) is 3. The summed E-state index contributed by atoms with van der Waals surface area (Å²) in [5.74, 6) is 0.991. The molecule has 9 heteroatoms. The lowest BCUT2D eigenvalue weighted by molar-refractivity contribution is -0.286. The summed E-state index contributed by atoms with van der Waals surface area (Å²) in [4.78, 5) is 14.2. The molecule has 0 aliphatic carbocycles. The van der Waals surface area contributed by atoms with Crippen molar-refractivity contribution in [2.75, 3.05) is 25.0 Å². The number of rotatable bonds is 2. The number of carbonyl (C=O) groups excluding carboxylic acids is 1. The highest BCUT2D eigenvalue weighted by atomic mass is 19.3. The Bertz CT molecular complexity index is 695. The maximum atomic E-state index is 13.1. The molecule has 0 bridgehead atoms. The van der Waals surface area contributed by atoms with Gasteiger partial charge >= 0.3 is 12.3 Å². The van der Waals surface area contributed by atoms with Crippen LogP contribution in [0.2, 0.25) is 0 Å². The second-order valence-corrected chi connectivity index (χ2v) is 7.11. The Morgan fingerprint density at radius 1 is 1.27 bits per heavy atom. The number of fused-ring (bicyclic) bond motifs is 1. The van der Waals surface area contributed by atoms with Crippen molar-refractivity contribution >= 4 is 11.7 Å². The van der Waals surface area contributed by atoms with Gasteiger partial charge in [0, 0.05) is 37.4 Å². The second-order valence-electron chi connectivity index (χ2n) is 7.11. The van der Waals surface area contributed by atoms with Crippen LogP contribution in [0.15, 0.2) is 18.2 Å². The molecular weight excluding hydrogens is 346 g/mol. The van der Waals surface area contributed by atoms with Crippen molar-refractivity contribution in [1.82, 2.24) is 15.8 Å². The smallest absolute Gasteiger partial charge is 0.395 e. The molecule has 2 amide bonds. The summed E-state index contributed by atoms with van der Waals surface area (Å²) < 4.78 is 34.9. The Morgan fingerprint density at radius 3 is 2.69 bits per heavy atom. The van der Waals surface area contributed by atoms with Crippen LogP contribution in [0.4, 0.5) is 19.3 Å². The Labute approximate surface area is 150 Å². The predicted octanol–water partition coefficient (Wildman–Crippen LogP) is 2.36. The summed E-state index contributed by atoms with van der Waals surface area (Å²) in [6, 6.07) is 4.43. The number of hydrogen-bond donors (Lipinski definition) is 3. The van der Waals surface area contributed by atoms with E-state index in [1.807, 2.05) is 0 Å². The van der Waals surface area contributed by atoms with Crippen molar-refractivity contribution in [2.45, 2.75) is 32.1 Å². The number of hydrazine groups is 1. The molecule has 3 aliphatic heterocycles. The summed E-state index contributed by atoms with van der Waals surface area (Å²) in [6.45, 7) is 4.53. The third-order valence-electron chi connectivity index (χ3n) is 5.29. The van der Waals surface area contributed by atoms with E-state index in [0.717, 1.165) is 19.4 Å². The van der Waals surface area contributed by atoms with Gasteiger partial charge in [-0.15, -0.1) is 8.78 Å². The van der Waals surface area contributed by atoms with Gasteiger partial charge in [0.05, 0.1) is 0 Å². The van der Waals surface area contributed by atoms with Gasteiger partial charge in [-0.1, -0.05) is 6.92 Å². The molecule has 4 rings (SSSR count). The summed E-state index contributed by atoms with van der Waals surface area (Å²) in [6.07, 6.45) is -1.79. The third kappa shape index (κ3) is 3.41. The number of ether oxygens (including phenoxy) is 2. The SMILES string of the molecule is CC1CNNC1C1CCN(C(=O)Nc2ccc3c(c2)OC(F)(F)O3)CC1. The Kier molecular flexibility index (Phi) is 4.36. The van der Waals surface area contributed by atoms with Gasteiger partial charge in [0.15, 0.2) is 11.5 Å². The molecule has 1 aromatic carbocycles. The summed E-state index contributed by atoms with van der Waals surface area (Å²) in [5, 5.41) is 2.74. The van der Waals surface area contributed by atoms with Gasteiger partial charge in [-0.25, -0.2) is 4.79 Å². The van der Waals surface area contributed by atoms with Crippen molar-refractivity contribution in [3.8, 4) is 11.5 Å². The van der Waals surface area contributed by atoms with Gasteiger partial charge in [0.2, 0.25) is 0 Å². The van der Waals surface area contributed by atoms with Crippen molar-refractivity contribution in [3.63, 3.8) is 0 Å². The molecule has 0 saturated carbocycles. The van der Waals surface area contributed by atoms with Gasteiger partial charge in [0.25, 0.3) is 0 Å². The first-order valence-corrected chi connectivity index (χ1v) is 8.85. The number of amides is 2. The normalized spacial score (nSPS) is 27.6. The molecule has 142 valence electrons. The summed E-state index contributed by atoms with van der Waals surface area (Å²) in [5.41, 5.74) is 6.92. The average Bonchev–Trinajstić information content (AvgIpc) is 3.15. The maximum Gasteiger partial charge on any atom is 0.586 e. The molecule has 2 fully saturated rings. The predicted molar refractivity (Wildman–Crippen MR) is 90.1 cm³/mol. The van der Waals surface area contributed by atoms with Gasteiger partial charge < -0.3 is 19.7 Å². The summed E-state index contributed by atoms with van der Waals surface area (Å²) in [7, 11) is 0. The molecular formula is C17H22F2N4O3. The number of alkyl halides is 2. The lowest BCUT2D eigenvalue weighted by Crippen LogP contribution is -2.46. The van der Waals surface area contributed by atoms with Crippen molar-refractivity contribution in [1.29, 1.82) is 0 Å². The minimum atomic E-state index is -3.66. The molecule has 2 atom stereocenters. The molecule has 3 N–H and O–H groups in total. The van der Waals surface area contributed by atoms with E-state index in [4.69, 9.17) is 0 Å². The second kappa shape index (κ2) is 6.55. The molecule has 0 spiro atoms. The quantitative estimate of drug-likeness (QED) is 0.747. The van der Waals surface area contributed by atoms with E-state index >= 15 is 0 Å². The number of carbonyl (C=O) groups is 1. The van der Waals surface area contributed by atoms with Gasteiger partial charge in [-0.3, -0.25) is 10.9 Å². The first kappa shape index (κ1) is 17.3. The van der Waals surface area contributed by atoms with Crippen LogP contribution in [0.1, 0.15) is 19.8 Å². The lowest BCUT2D eigenvalue weighted by Gasteiger charge is -2.35. The van der Waals surface area contributed by atoms with E-state index < -0.39 is 6.29 Å². The highest BCUT2D eigenvalue weighted by Gasteiger charge is 2.43. The van der Waals surface area contributed by atoms with Crippen LogP contribution >= 0.6 is 0 Å². The van der Waals surface area contributed by atoms with Crippen LogP contribution in [-0.4, -0.2) is 42.9 Å². The van der Waals surface area contributed by atoms with Crippen molar-refractivity contribution in [3.05, 3.63) is 18.2 Å². The van der Waals surface area contributed by atoms with E-state index in [9.17, 15) is 13.6 Å². The van der Waals surface area contributed by atoms with Crippen LogP contribution in [0.3, 0.4) is 0 Å². The lowest BCUT2D eigenvalue weighted by atomic mass is 9.84. The fourth-order valence-electron chi connectivity index (χ4n) is 3.88. The molecule has 3 aliphatic rings. The Balaban J connectivity index is 1.32. The highest BCUT2D eigenvalue weighted by Crippen LogP contribution is 2.42. The number of nitrogens with zero attached hydrogens (tertiary/aromatic N) is 1. The minimum absolute atomic E-state index is 0.0411. The van der Waals surface area contributed by atoms with Crippen LogP contribution < -0.4 is 25.6 Å². The molecule has 1 aromatic rings. The zero-order valence-corrected chi connectivity index (χ0v) is 14.4. The first-order chi connectivity index (χ1) is 12.4. The largest absolute Gasteiger partial charge is 0.586 e. The van der Waals surface area contributed by atoms with E-state index in [-0.39, 0.29) is 17.5 Å². The number of halogens is 2. The van der Waals surface area contributed by atoms with Gasteiger partial charge in [0.1, 0.15) is 0 Å². The Hall–Kier alpha value is -2.13. The molecule has 26 heavy (non-hydrogen) atoms. The van der Waals surface area contributed by atoms with Crippen LogP contribution in [-0.2, 0) is 0 Å². The molecule has 2 unspecified atom stereocenters. The minimum Gasteiger partial charge on any atom is -0.395 e. The van der Waals surface area contributed by atoms with E-state index in [2.05, 4.69) is 32.6 Å². The Morgan fingerprint density at radius 2 is 2.00 bits per heavy atom. The van der Waals surface area contributed by atoms with E-state index in [1.54, 1.807) is 4.90 Å². The zero-order chi connectivity index (χ0) is 18.3. The zero-order valence-electron chi connectivity index (χ0n) is 14.4. The van der Waals surface area contributed by atoms with Gasteiger partial charge in [-0.05, 0) is 36.8 Å². The van der Waals surface area contributed by atoms with E-state index in [0.29, 0.717) is 36.7 Å². The monoisotopic (exact) mass is 368 g/mol. The summed E-state index contributed by atoms with van der Waals surface area (Å²) >= 11 is 0. The number of piperidine rings is 1. The van der Waals surface area contributed by atoms with Crippen LogP contribution in [0.5, 0.6) is 11.5 Å². The molecule has 7 nitrogen and oxygen atoms in total.